The number of halogens is 1. The average molecular weight is 427 g/mol. The summed E-state index contributed by atoms with van der Waals surface area (Å²) < 4.78 is 13.9. The van der Waals surface area contributed by atoms with Crippen LogP contribution in [0.5, 0.6) is 0 Å². The smallest absolute Gasteiger partial charge is 0.258 e. The molecule has 1 saturated heterocycles. The van der Waals surface area contributed by atoms with E-state index in [2.05, 4.69) is 15.0 Å². The molecule has 0 radical (unpaired) electrons. The average Bonchev–Trinajstić information content (AvgIpc) is 2.78. The van der Waals surface area contributed by atoms with Crippen LogP contribution >= 0.6 is 0 Å². The Balaban J connectivity index is 1.51. The molecule has 1 aromatic carbocycles. The summed E-state index contributed by atoms with van der Waals surface area (Å²) in [5, 5.41) is 0.204. The summed E-state index contributed by atoms with van der Waals surface area (Å²) >= 11 is 0. The lowest BCUT2D eigenvalue weighted by atomic mass is 9.89. The number of carbonyl (C=O) groups is 2. The van der Waals surface area contributed by atoms with Crippen LogP contribution in [0.2, 0.25) is 0 Å². The van der Waals surface area contributed by atoms with Crippen LogP contribution in [0.25, 0.3) is 10.9 Å². The summed E-state index contributed by atoms with van der Waals surface area (Å²) in [7, 11) is 1.58. The van der Waals surface area contributed by atoms with E-state index in [0.29, 0.717) is 50.2 Å². The fourth-order valence-electron chi connectivity index (χ4n) is 3.81. The number of nitrogens with one attached hydrogen (secondary N) is 1. The highest BCUT2D eigenvalue weighted by atomic mass is 19.1. The summed E-state index contributed by atoms with van der Waals surface area (Å²) in [6.45, 7) is 1.01. The second-order valence-corrected chi connectivity index (χ2v) is 7.53. The van der Waals surface area contributed by atoms with Crippen LogP contribution < -0.4 is 11.3 Å². The highest BCUT2D eigenvalue weighted by Gasteiger charge is 2.28. The minimum Gasteiger partial charge on any atom is -0.404 e. The monoisotopic (exact) mass is 427 g/mol. The third kappa shape index (κ3) is 5.22. The van der Waals surface area contributed by atoms with Crippen LogP contribution in [-0.4, -0.2) is 52.9 Å². The molecule has 0 bridgehead atoms. The number of carbonyl (C=O) groups excluding carboxylic acids is 2. The first-order chi connectivity index (χ1) is 14.9. The molecule has 0 saturated carbocycles. The SMILES string of the molecule is CN=CC(=CN)C(=O)C1CCN(C(=O)CCCc2nc3c(F)cccc3c(=O)[nH]2)CC1. The van der Waals surface area contributed by atoms with E-state index in [1.807, 2.05) is 0 Å². The number of likely N-dealkylation sites (tertiary alicyclic amines) is 1. The number of ketones is 1. The van der Waals surface area contributed by atoms with Crippen molar-refractivity contribution >= 4 is 28.8 Å². The Morgan fingerprint density at radius 1 is 1.35 bits per heavy atom. The molecule has 164 valence electrons. The normalized spacial score (nSPS) is 15.7. The van der Waals surface area contributed by atoms with Gasteiger partial charge in [0.1, 0.15) is 17.2 Å². The van der Waals surface area contributed by atoms with Crippen LogP contribution in [0.3, 0.4) is 0 Å². The zero-order valence-electron chi connectivity index (χ0n) is 17.4. The van der Waals surface area contributed by atoms with Gasteiger partial charge < -0.3 is 15.6 Å². The lowest BCUT2D eigenvalue weighted by molar-refractivity contribution is -0.134. The van der Waals surface area contributed by atoms with Crippen molar-refractivity contribution in [2.45, 2.75) is 32.1 Å². The van der Waals surface area contributed by atoms with Gasteiger partial charge in [-0.2, -0.15) is 0 Å². The van der Waals surface area contributed by atoms with Crippen LogP contribution in [0, 0.1) is 11.7 Å². The molecule has 31 heavy (non-hydrogen) atoms. The molecule has 1 aliphatic rings. The first-order valence-corrected chi connectivity index (χ1v) is 10.3. The third-order valence-corrected chi connectivity index (χ3v) is 5.49. The molecule has 1 fully saturated rings. The molecule has 0 aliphatic carbocycles. The van der Waals surface area contributed by atoms with Gasteiger partial charge in [-0.25, -0.2) is 9.37 Å². The molecular formula is C22H26FN5O3. The Bertz CT molecular complexity index is 1080. The van der Waals surface area contributed by atoms with Crippen LogP contribution in [-0.2, 0) is 16.0 Å². The lowest BCUT2D eigenvalue weighted by Crippen LogP contribution is -2.40. The van der Waals surface area contributed by atoms with Crippen molar-refractivity contribution in [3.05, 3.63) is 52.0 Å². The van der Waals surface area contributed by atoms with Crippen molar-refractivity contribution in [2.24, 2.45) is 16.6 Å². The van der Waals surface area contributed by atoms with E-state index in [1.165, 1.54) is 30.6 Å². The molecule has 1 aliphatic heterocycles. The molecule has 0 spiro atoms. The standard InChI is InChI=1S/C22H26FN5O3/c1-25-13-15(12-24)21(30)14-8-10-28(11-9-14)19(29)7-3-6-18-26-20-16(22(31)27-18)4-2-5-17(20)23/h2,4-5,12-14H,3,6-11,24H2,1H3,(H,26,27,31). The zero-order valence-corrected chi connectivity index (χ0v) is 17.4. The fraction of sp³-hybridized carbons (Fsp3) is 0.409. The molecule has 1 amide bonds. The summed E-state index contributed by atoms with van der Waals surface area (Å²) in [6.07, 6.45) is 5.01. The maximum atomic E-state index is 13.9. The number of amides is 1. The molecule has 8 nitrogen and oxygen atoms in total. The number of Topliss-reactive ketones (excluding diaryl/α,β-unsaturated/α-hetero) is 1. The second-order valence-electron chi connectivity index (χ2n) is 7.53. The molecule has 0 unspecified atom stereocenters. The molecule has 2 heterocycles. The molecule has 1 aromatic heterocycles. The number of hydrogen-bond acceptors (Lipinski definition) is 6. The Morgan fingerprint density at radius 3 is 2.77 bits per heavy atom. The van der Waals surface area contributed by atoms with Gasteiger partial charge in [0.25, 0.3) is 5.56 Å². The molecule has 0 atom stereocenters. The van der Waals surface area contributed by atoms with Gasteiger partial charge >= 0.3 is 0 Å². The minimum absolute atomic E-state index is 0.00933. The maximum Gasteiger partial charge on any atom is 0.258 e. The highest BCUT2D eigenvalue weighted by Crippen LogP contribution is 2.21. The number of aromatic amines is 1. The quantitative estimate of drug-likeness (QED) is 0.515. The van der Waals surface area contributed by atoms with E-state index >= 15 is 0 Å². The number of benzene rings is 1. The fourth-order valence-corrected chi connectivity index (χ4v) is 3.81. The zero-order chi connectivity index (χ0) is 22.4. The van der Waals surface area contributed by atoms with Crippen LogP contribution in [0.15, 0.2) is 39.8 Å². The van der Waals surface area contributed by atoms with Crippen LogP contribution in [0.4, 0.5) is 4.39 Å². The first kappa shape index (κ1) is 22.3. The minimum atomic E-state index is -0.545. The first-order valence-electron chi connectivity index (χ1n) is 10.3. The number of aromatic nitrogens is 2. The summed E-state index contributed by atoms with van der Waals surface area (Å²) in [5.74, 6) is -0.406. The van der Waals surface area contributed by atoms with Crippen molar-refractivity contribution < 1.29 is 14.0 Å². The highest BCUT2D eigenvalue weighted by molar-refractivity contribution is 6.14. The van der Waals surface area contributed by atoms with E-state index in [9.17, 15) is 18.8 Å². The molecule has 2 aromatic rings. The number of nitrogens with zero attached hydrogens (tertiary/aromatic N) is 3. The second kappa shape index (κ2) is 10.1. The number of para-hydroxylation sites is 1. The van der Waals surface area contributed by atoms with Gasteiger partial charge in [0.2, 0.25) is 5.91 Å². The van der Waals surface area contributed by atoms with Crippen molar-refractivity contribution in [3.63, 3.8) is 0 Å². The number of fused-ring (bicyclic) bond motifs is 1. The number of allylic oxidation sites excluding steroid dienone is 1. The topological polar surface area (TPSA) is 122 Å². The van der Waals surface area contributed by atoms with Crippen LogP contribution in [0.1, 0.15) is 31.5 Å². The van der Waals surface area contributed by atoms with E-state index in [1.54, 1.807) is 11.9 Å². The molecular weight excluding hydrogens is 401 g/mol. The van der Waals surface area contributed by atoms with E-state index in [-0.39, 0.29) is 34.9 Å². The number of H-pyrrole nitrogens is 1. The van der Waals surface area contributed by atoms with Gasteiger partial charge in [0, 0.05) is 51.3 Å². The predicted octanol–water partition coefficient (Wildman–Crippen LogP) is 1.74. The number of piperidine rings is 1. The van der Waals surface area contributed by atoms with Crippen molar-refractivity contribution in [1.82, 2.24) is 14.9 Å². The largest absolute Gasteiger partial charge is 0.404 e. The Morgan fingerprint density at radius 2 is 2.10 bits per heavy atom. The predicted molar refractivity (Wildman–Crippen MR) is 116 cm³/mol. The van der Waals surface area contributed by atoms with Crippen molar-refractivity contribution in [1.29, 1.82) is 0 Å². The molecule has 9 heteroatoms. The lowest BCUT2D eigenvalue weighted by Gasteiger charge is -2.31. The summed E-state index contributed by atoms with van der Waals surface area (Å²) in [4.78, 5) is 49.5. The van der Waals surface area contributed by atoms with E-state index < -0.39 is 11.4 Å². The maximum absolute atomic E-state index is 13.9. The number of aryl methyl sites for hydroxylation is 1. The number of nitrogens with two attached hydrogens (primary N) is 1. The van der Waals surface area contributed by atoms with E-state index in [0.717, 1.165) is 0 Å². The number of aliphatic imine (C=N–C) groups is 1. The Kier molecular flexibility index (Phi) is 7.28. The summed E-state index contributed by atoms with van der Waals surface area (Å²) in [6, 6.07) is 4.25. The molecule has 3 N–H and O–H groups in total. The van der Waals surface area contributed by atoms with Gasteiger partial charge in [0.05, 0.1) is 11.0 Å². The summed E-state index contributed by atoms with van der Waals surface area (Å²) in [5.41, 5.74) is 5.54. The van der Waals surface area contributed by atoms with Crippen molar-refractivity contribution in [3.8, 4) is 0 Å². The molecule has 3 rings (SSSR count). The third-order valence-electron chi connectivity index (χ3n) is 5.49. The number of hydrogen-bond donors (Lipinski definition) is 2. The van der Waals surface area contributed by atoms with Gasteiger partial charge in [0.15, 0.2) is 5.78 Å². The van der Waals surface area contributed by atoms with Crippen molar-refractivity contribution in [2.75, 3.05) is 20.1 Å². The van der Waals surface area contributed by atoms with Gasteiger partial charge in [-0.1, -0.05) is 6.07 Å². The van der Waals surface area contributed by atoms with Gasteiger partial charge in [-0.05, 0) is 31.4 Å². The van der Waals surface area contributed by atoms with E-state index in [4.69, 9.17) is 5.73 Å². The van der Waals surface area contributed by atoms with Gasteiger partial charge in [-0.3, -0.25) is 19.4 Å². The van der Waals surface area contributed by atoms with Gasteiger partial charge in [-0.15, -0.1) is 0 Å². The Labute approximate surface area is 179 Å². The Hall–Kier alpha value is -3.36. The number of rotatable bonds is 7.